The Morgan fingerprint density at radius 2 is 1.73 bits per heavy atom. The zero-order valence-electron chi connectivity index (χ0n) is 27.8. The molecule has 0 radical (unpaired) electrons. The number of benzene rings is 2. The molecule has 1 saturated heterocycles. The number of carbonyl (C=O) groups excluding carboxylic acids is 1. The minimum atomic E-state index is -4.87. The molecule has 1 aliphatic rings. The summed E-state index contributed by atoms with van der Waals surface area (Å²) in [4.78, 5) is 14.8. The topological polar surface area (TPSA) is 135 Å². The summed E-state index contributed by atoms with van der Waals surface area (Å²) in [6.45, 7) is 1.32. The van der Waals surface area contributed by atoms with Crippen molar-refractivity contribution in [1.82, 2.24) is 49.6 Å². The lowest BCUT2D eigenvalue weighted by molar-refractivity contribution is -0.143. The minimum absolute atomic E-state index is 0.0364. The highest BCUT2D eigenvalue weighted by Gasteiger charge is 2.42. The molecule has 2 aromatic carbocycles. The predicted octanol–water partition coefficient (Wildman–Crippen LogP) is 6.01. The Bertz CT molecular complexity index is 2340. The van der Waals surface area contributed by atoms with Crippen LogP contribution in [-0.4, -0.2) is 75.7 Å². The van der Waals surface area contributed by atoms with Crippen LogP contribution in [0.2, 0.25) is 0 Å². The molecule has 8 rings (SSSR count). The second-order valence-electron chi connectivity index (χ2n) is 12.5. The first-order valence-electron chi connectivity index (χ1n) is 16.6. The fourth-order valence-corrected chi connectivity index (χ4v) is 6.67. The Hall–Kier alpha value is -6.32. The number of piperidine rings is 1. The van der Waals surface area contributed by atoms with Crippen LogP contribution in [0, 0.1) is 0 Å². The summed E-state index contributed by atoms with van der Waals surface area (Å²) in [7, 11) is 1.36. The zero-order chi connectivity index (χ0) is 35.8. The van der Waals surface area contributed by atoms with Crippen molar-refractivity contribution in [3.63, 3.8) is 0 Å². The van der Waals surface area contributed by atoms with Crippen LogP contribution in [0.4, 0.5) is 13.2 Å². The van der Waals surface area contributed by atoms with E-state index in [-0.39, 0.29) is 30.7 Å². The summed E-state index contributed by atoms with van der Waals surface area (Å²) in [6.07, 6.45) is -1.07. The molecule has 6 heterocycles. The Balaban J connectivity index is 0.920. The molecule has 0 unspecified atom stereocenters. The van der Waals surface area contributed by atoms with Crippen LogP contribution < -0.4 is 4.74 Å². The number of rotatable bonds is 9. The summed E-state index contributed by atoms with van der Waals surface area (Å²) < 4.78 is 57.8. The third kappa shape index (κ3) is 6.38. The van der Waals surface area contributed by atoms with Crippen LogP contribution in [0.1, 0.15) is 52.0 Å². The normalized spacial score (nSPS) is 14.0. The number of hydrogen-bond acceptors (Lipinski definition) is 9. The van der Waals surface area contributed by atoms with Gasteiger partial charge in [0, 0.05) is 47.7 Å². The van der Waals surface area contributed by atoms with Gasteiger partial charge in [0.15, 0.2) is 17.3 Å². The van der Waals surface area contributed by atoms with E-state index in [9.17, 15) is 18.0 Å². The highest BCUT2D eigenvalue weighted by molar-refractivity contribution is 5.95. The number of halogens is 3. The van der Waals surface area contributed by atoms with Gasteiger partial charge in [-0.3, -0.25) is 4.79 Å². The number of likely N-dealkylation sites (tertiary alicyclic amines) is 1. The molecule has 7 aromatic rings. The van der Waals surface area contributed by atoms with E-state index in [4.69, 9.17) is 9.26 Å². The lowest BCUT2D eigenvalue weighted by Crippen LogP contribution is -2.38. The standard InChI is InChI=1S/C36H31F3N10O3/c1-51-33-12-11-32(42-43-33)49-34(36(37,38)39)28(19-40-49)35(50)46-15-13-23(14-16-46)29-18-27(52-44-29)22-47-20-26(41-45-47)21-48-30-10-6-5-9-25(30)17-31(48)24-7-3-2-4-8-24/h2-12,17-20,23H,13-16,21-22H2,1H3. The van der Waals surface area contributed by atoms with E-state index in [0.717, 1.165) is 39.7 Å². The van der Waals surface area contributed by atoms with Gasteiger partial charge in [-0.1, -0.05) is 58.9 Å². The summed E-state index contributed by atoms with van der Waals surface area (Å²) in [5, 5.41) is 25.5. The lowest BCUT2D eigenvalue weighted by atomic mass is 9.93. The Kier molecular flexibility index (Phi) is 8.48. The SMILES string of the molecule is COc1ccc(-n2ncc(C(=O)N3CCC(c4cc(Cn5cc(Cn6c(-c7ccccc7)cc7ccccc76)nn5)on4)CC3)c2C(F)(F)F)nn1. The summed E-state index contributed by atoms with van der Waals surface area (Å²) >= 11 is 0. The van der Waals surface area contributed by atoms with Crippen molar-refractivity contribution in [2.75, 3.05) is 20.2 Å². The maximum atomic E-state index is 14.2. The molecule has 1 fully saturated rings. The molecule has 0 bridgehead atoms. The molecule has 0 atom stereocenters. The third-order valence-corrected chi connectivity index (χ3v) is 9.20. The smallest absolute Gasteiger partial charge is 0.434 e. The monoisotopic (exact) mass is 708 g/mol. The number of aromatic nitrogens is 9. The van der Waals surface area contributed by atoms with Crippen LogP contribution in [-0.2, 0) is 19.3 Å². The number of ether oxygens (including phenoxy) is 1. The Labute approximate surface area is 294 Å². The number of fused-ring (bicyclic) bond motifs is 1. The zero-order valence-corrected chi connectivity index (χ0v) is 27.8. The van der Waals surface area contributed by atoms with Gasteiger partial charge >= 0.3 is 6.18 Å². The molecule has 16 heteroatoms. The van der Waals surface area contributed by atoms with Gasteiger partial charge in [0.05, 0.1) is 37.3 Å². The van der Waals surface area contributed by atoms with Crippen molar-refractivity contribution in [2.24, 2.45) is 0 Å². The highest BCUT2D eigenvalue weighted by atomic mass is 19.4. The fourth-order valence-electron chi connectivity index (χ4n) is 6.67. The van der Waals surface area contributed by atoms with Crippen molar-refractivity contribution in [3.8, 4) is 23.0 Å². The van der Waals surface area contributed by atoms with Crippen LogP contribution >= 0.6 is 0 Å². The largest absolute Gasteiger partial charge is 0.480 e. The highest BCUT2D eigenvalue weighted by Crippen LogP contribution is 2.35. The van der Waals surface area contributed by atoms with Gasteiger partial charge in [-0.25, -0.2) is 9.36 Å². The average molecular weight is 709 g/mol. The number of nitrogens with zero attached hydrogens (tertiary/aromatic N) is 10. The number of alkyl halides is 3. The number of carbonyl (C=O) groups is 1. The molecule has 264 valence electrons. The van der Waals surface area contributed by atoms with E-state index >= 15 is 0 Å². The van der Waals surface area contributed by atoms with Crippen molar-refractivity contribution in [1.29, 1.82) is 0 Å². The van der Waals surface area contributed by atoms with Crippen LogP contribution in [0.25, 0.3) is 28.0 Å². The molecular weight excluding hydrogens is 677 g/mol. The second kappa shape index (κ2) is 13.4. The molecule has 1 amide bonds. The number of para-hydroxylation sites is 1. The Morgan fingerprint density at radius 1 is 0.942 bits per heavy atom. The van der Waals surface area contributed by atoms with E-state index in [2.05, 4.69) is 65.7 Å². The van der Waals surface area contributed by atoms with Gasteiger partial charge in [0.25, 0.3) is 5.91 Å². The van der Waals surface area contributed by atoms with E-state index in [1.54, 1.807) is 4.68 Å². The van der Waals surface area contributed by atoms with E-state index in [0.29, 0.717) is 36.4 Å². The number of hydrogen-bond donors (Lipinski definition) is 0. The second-order valence-corrected chi connectivity index (χ2v) is 12.5. The van der Waals surface area contributed by atoms with Gasteiger partial charge < -0.3 is 18.7 Å². The molecule has 0 aliphatic carbocycles. The van der Waals surface area contributed by atoms with Gasteiger partial charge in [0.1, 0.15) is 12.2 Å². The molecule has 52 heavy (non-hydrogen) atoms. The Morgan fingerprint density at radius 3 is 2.48 bits per heavy atom. The molecular formula is C36H31F3N10O3. The van der Waals surface area contributed by atoms with Gasteiger partial charge in [-0.15, -0.1) is 15.3 Å². The van der Waals surface area contributed by atoms with E-state index in [1.165, 1.54) is 24.1 Å². The molecule has 0 spiro atoms. The van der Waals surface area contributed by atoms with Crippen molar-refractivity contribution >= 4 is 16.8 Å². The van der Waals surface area contributed by atoms with Crippen molar-refractivity contribution < 1.29 is 27.2 Å². The average Bonchev–Trinajstić information content (AvgIpc) is 3.99. The first kappa shape index (κ1) is 32.9. The maximum absolute atomic E-state index is 14.2. The predicted molar refractivity (Wildman–Crippen MR) is 181 cm³/mol. The number of methoxy groups -OCH3 is 1. The first-order valence-corrected chi connectivity index (χ1v) is 16.6. The molecule has 13 nitrogen and oxygen atoms in total. The maximum Gasteiger partial charge on any atom is 0.434 e. The lowest BCUT2D eigenvalue weighted by Gasteiger charge is -2.31. The fraction of sp³-hybridized carbons (Fsp3) is 0.250. The van der Waals surface area contributed by atoms with Crippen LogP contribution in [0.15, 0.2) is 95.8 Å². The number of amides is 1. The minimum Gasteiger partial charge on any atom is -0.480 e. The van der Waals surface area contributed by atoms with Crippen LogP contribution in [0.5, 0.6) is 5.88 Å². The van der Waals surface area contributed by atoms with Crippen molar-refractivity contribution in [2.45, 2.75) is 38.0 Å². The third-order valence-electron chi connectivity index (χ3n) is 9.20. The molecule has 0 N–H and O–H groups in total. The quantitative estimate of drug-likeness (QED) is 0.177. The van der Waals surface area contributed by atoms with E-state index < -0.39 is 23.3 Å². The summed E-state index contributed by atoms with van der Waals surface area (Å²) in [6, 6.07) is 25.1. The molecule has 5 aromatic heterocycles. The summed E-state index contributed by atoms with van der Waals surface area (Å²) in [5.74, 6) is -0.270. The van der Waals surface area contributed by atoms with Gasteiger partial charge in [0.2, 0.25) is 5.88 Å². The van der Waals surface area contributed by atoms with Gasteiger partial charge in [-0.2, -0.15) is 18.3 Å². The van der Waals surface area contributed by atoms with E-state index in [1.807, 2.05) is 42.6 Å². The molecule has 1 aliphatic heterocycles. The molecule has 0 saturated carbocycles. The summed E-state index contributed by atoms with van der Waals surface area (Å²) in [5.41, 5.74) is 3.03. The first-order chi connectivity index (χ1) is 25.2. The van der Waals surface area contributed by atoms with Crippen LogP contribution in [0.3, 0.4) is 0 Å². The van der Waals surface area contributed by atoms with Crippen molar-refractivity contribution in [3.05, 3.63) is 120 Å². The van der Waals surface area contributed by atoms with Gasteiger partial charge in [-0.05, 0) is 36.6 Å².